The molecule has 0 radical (unpaired) electrons. The first-order valence-corrected chi connectivity index (χ1v) is 5.16. The van der Waals surface area contributed by atoms with Crippen LogP contribution in [0.2, 0.25) is 0 Å². The second kappa shape index (κ2) is 3.35. The van der Waals surface area contributed by atoms with E-state index in [1.807, 2.05) is 0 Å². The van der Waals surface area contributed by atoms with Gasteiger partial charge in [-0.2, -0.15) is 0 Å². The van der Waals surface area contributed by atoms with Crippen LogP contribution in [0.25, 0.3) is 0 Å². The Morgan fingerprint density at radius 2 is 2.08 bits per heavy atom. The lowest BCUT2D eigenvalue weighted by Crippen LogP contribution is -2.44. The molecule has 1 spiro atoms. The topological polar surface area (TPSA) is 21.3 Å². The summed E-state index contributed by atoms with van der Waals surface area (Å²) in [6.07, 6.45) is 7.77. The first-order chi connectivity index (χ1) is 5.85. The second-order valence-electron chi connectivity index (χ2n) is 4.22. The zero-order valence-corrected chi connectivity index (χ0v) is 7.94. The fraction of sp³-hybridized carbons (Fsp3) is 1.00. The Labute approximate surface area is 74.7 Å². The van der Waals surface area contributed by atoms with Crippen LogP contribution in [0, 0.1) is 0 Å². The molecule has 1 heterocycles. The Hall–Kier alpha value is -0.0800. The largest absolute Gasteiger partial charge is 0.375 e. The molecule has 12 heavy (non-hydrogen) atoms. The van der Waals surface area contributed by atoms with E-state index < -0.39 is 0 Å². The number of nitrogens with one attached hydrogen (secondary N) is 1. The maximum atomic E-state index is 5.92. The van der Waals surface area contributed by atoms with Crippen LogP contribution < -0.4 is 5.32 Å². The van der Waals surface area contributed by atoms with Gasteiger partial charge in [-0.15, -0.1) is 0 Å². The van der Waals surface area contributed by atoms with Gasteiger partial charge in [0.1, 0.15) is 0 Å². The minimum Gasteiger partial charge on any atom is -0.375 e. The van der Waals surface area contributed by atoms with Crippen LogP contribution in [-0.4, -0.2) is 25.3 Å². The number of hydrogen-bond acceptors (Lipinski definition) is 2. The lowest BCUT2D eigenvalue weighted by Gasteiger charge is -2.38. The van der Waals surface area contributed by atoms with Gasteiger partial charge in [-0.1, -0.05) is 12.8 Å². The van der Waals surface area contributed by atoms with Gasteiger partial charge in [0.25, 0.3) is 0 Å². The van der Waals surface area contributed by atoms with Crippen molar-refractivity contribution in [1.82, 2.24) is 5.32 Å². The van der Waals surface area contributed by atoms with Crippen molar-refractivity contribution < 1.29 is 4.74 Å². The van der Waals surface area contributed by atoms with Crippen molar-refractivity contribution in [3.8, 4) is 0 Å². The van der Waals surface area contributed by atoms with Crippen molar-refractivity contribution in [2.45, 2.75) is 50.2 Å². The Kier molecular flexibility index (Phi) is 2.37. The fourth-order valence-electron chi connectivity index (χ4n) is 2.64. The highest BCUT2D eigenvalue weighted by Gasteiger charge is 2.39. The summed E-state index contributed by atoms with van der Waals surface area (Å²) in [6, 6.07) is 0.705. The van der Waals surface area contributed by atoms with E-state index in [9.17, 15) is 0 Å². The van der Waals surface area contributed by atoms with Crippen molar-refractivity contribution in [3.63, 3.8) is 0 Å². The van der Waals surface area contributed by atoms with Gasteiger partial charge in [0, 0.05) is 12.6 Å². The SMILES string of the molecule is CN[C@H]1CCOC2(CCCC2)C1. The quantitative estimate of drug-likeness (QED) is 0.645. The first kappa shape index (κ1) is 8.52. The molecule has 2 fully saturated rings. The van der Waals surface area contributed by atoms with Crippen LogP contribution in [0.5, 0.6) is 0 Å². The average molecular weight is 169 g/mol. The summed E-state index contributed by atoms with van der Waals surface area (Å²) in [6.45, 7) is 0.964. The van der Waals surface area contributed by atoms with Crippen LogP contribution in [0.3, 0.4) is 0 Å². The number of ether oxygens (including phenoxy) is 1. The molecular formula is C10H19NO. The minimum atomic E-state index is 0.284. The molecule has 1 N–H and O–H groups in total. The molecule has 0 aromatic carbocycles. The monoisotopic (exact) mass is 169 g/mol. The summed E-state index contributed by atoms with van der Waals surface area (Å²) in [5, 5.41) is 3.38. The van der Waals surface area contributed by atoms with Crippen LogP contribution in [0.4, 0.5) is 0 Å². The van der Waals surface area contributed by atoms with Gasteiger partial charge >= 0.3 is 0 Å². The predicted molar refractivity (Wildman–Crippen MR) is 49.2 cm³/mol. The van der Waals surface area contributed by atoms with Gasteiger partial charge in [0.2, 0.25) is 0 Å². The Bertz CT molecular complexity index is 152. The van der Waals surface area contributed by atoms with Gasteiger partial charge in [0.05, 0.1) is 5.60 Å². The van der Waals surface area contributed by atoms with Gasteiger partial charge in [-0.05, 0) is 32.7 Å². The summed E-state index contributed by atoms with van der Waals surface area (Å²) in [5.74, 6) is 0. The second-order valence-corrected chi connectivity index (χ2v) is 4.22. The molecule has 1 aliphatic heterocycles. The molecule has 2 rings (SSSR count). The van der Waals surface area contributed by atoms with Gasteiger partial charge in [0.15, 0.2) is 0 Å². The van der Waals surface area contributed by atoms with Gasteiger partial charge in [-0.3, -0.25) is 0 Å². The van der Waals surface area contributed by atoms with Crippen molar-refractivity contribution in [2.24, 2.45) is 0 Å². The van der Waals surface area contributed by atoms with Crippen molar-refractivity contribution >= 4 is 0 Å². The van der Waals surface area contributed by atoms with E-state index in [-0.39, 0.29) is 5.60 Å². The number of rotatable bonds is 1. The molecule has 0 aromatic heterocycles. The number of hydrogen-bond donors (Lipinski definition) is 1. The lowest BCUT2D eigenvalue weighted by atomic mass is 9.89. The molecule has 2 aliphatic rings. The highest BCUT2D eigenvalue weighted by Crippen LogP contribution is 2.39. The molecule has 2 heteroatoms. The average Bonchev–Trinajstić information content (AvgIpc) is 2.53. The molecule has 70 valence electrons. The summed E-state index contributed by atoms with van der Waals surface area (Å²) in [7, 11) is 2.07. The van der Waals surface area contributed by atoms with Crippen molar-refractivity contribution in [1.29, 1.82) is 0 Å². The third-order valence-corrected chi connectivity index (χ3v) is 3.42. The van der Waals surface area contributed by atoms with Gasteiger partial charge in [-0.25, -0.2) is 0 Å². The van der Waals surface area contributed by atoms with Crippen molar-refractivity contribution in [2.75, 3.05) is 13.7 Å². The summed E-state index contributed by atoms with van der Waals surface area (Å²) in [4.78, 5) is 0. The Morgan fingerprint density at radius 1 is 1.33 bits per heavy atom. The van der Waals surface area contributed by atoms with Crippen LogP contribution in [-0.2, 0) is 4.74 Å². The summed E-state index contributed by atoms with van der Waals surface area (Å²) < 4.78 is 5.92. The van der Waals surface area contributed by atoms with E-state index >= 15 is 0 Å². The van der Waals surface area contributed by atoms with E-state index in [1.165, 1.54) is 38.5 Å². The molecule has 1 saturated carbocycles. The van der Waals surface area contributed by atoms with E-state index in [4.69, 9.17) is 4.74 Å². The maximum absolute atomic E-state index is 5.92. The van der Waals surface area contributed by atoms with Crippen LogP contribution >= 0.6 is 0 Å². The smallest absolute Gasteiger partial charge is 0.0697 e. The van der Waals surface area contributed by atoms with E-state index in [2.05, 4.69) is 12.4 Å². The Morgan fingerprint density at radius 3 is 2.75 bits per heavy atom. The maximum Gasteiger partial charge on any atom is 0.0697 e. The zero-order chi connectivity index (χ0) is 8.44. The molecule has 0 amide bonds. The van der Waals surface area contributed by atoms with Crippen LogP contribution in [0.1, 0.15) is 38.5 Å². The van der Waals surface area contributed by atoms with E-state index in [1.54, 1.807) is 0 Å². The highest BCUT2D eigenvalue weighted by atomic mass is 16.5. The molecule has 2 nitrogen and oxygen atoms in total. The molecule has 1 saturated heterocycles. The molecule has 0 aromatic rings. The summed E-state index contributed by atoms with van der Waals surface area (Å²) >= 11 is 0. The zero-order valence-electron chi connectivity index (χ0n) is 7.94. The highest BCUT2D eigenvalue weighted by molar-refractivity contribution is 4.92. The van der Waals surface area contributed by atoms with Crippen molar-refractivity contribution in [3.05, 3.63) is 0 Å². The van der Waals surface area contributed by atoms with E-state index in [0.29, 0.717) is 6.04 Å². The van der Waals surface area contributed by atoms with Crippen LogP contribution in [0.15, 0.2) is 0 Å². The first-order valence-electron chi connectivity index (χ1n) is 5.16. The third kappa shape index (κ3) is 1.50. The molecule has 0 bridgehead atoms. The van der Waals surface area contributed by atoms with Gasteiger partial charge < -0.3 is 10.1 Å². The molecule has 0 unspecified atom stereocenters. The molecular weight excluding hydrogens is 150 g/mol. The lowest BCUT2D eigenvalue weighted by molar-refractivity contribution is -0.0827. The normalized spacial score (nSPS) is 34.2. The fourth-order valence-corrected chi connectivity index (χ4v) is 2.64. The summed E-state index contributed by atoms with van der Waals surface area (Å²) in [5.41, 5.74) is 0.284. The predicted octanol–water partition coefficient (Wildman–Crippen LogP) is 1.70. The Balaban J connectivity index is 1.97. The standard InChI is InChI=1S/C10H19NO/c1-11-9-4-7-12-10(8-9)5-2-3-6-10/h9,11H,2-8H2,1H3/t9-/m0/s1. The van der Waals surface area contributed by atoms with E-state index in [0.717, 1.165) is 6.61 Å². The molecule has 1 atom stereocenters. The third-order valence-electron chi connectivity index (χ3n) is 3.42. The minimum absolute atomic E-state index is 0.284. The molecule has 1 aliphatic carbocycles.